The van der Waals surface area contributed by atoms with Gasteiger partial charge in [0.05, 0.1) is 18.8 Å². The number of para-hydroxylation sites is 1. The van der Waals surface area contributed by atoms with Crippen LogP contribution in [0, 0.1) is 0 Å². The number of rotatable bonds is 5. The Kier molecular flexibility index (Phi) is 4.02. The van der Waals surface area contributed by atoms with Gasteiger partial charge >= 0.3 is 0 Å². The number of likely N-dealkylation sites (N-methyl/N-ethyl adjacent to an activating group) is 1. The van der Waals surface area contributed by atoms with Crippen LogP contribution in [0.3, 0.4) is 0 Å². The molecule has 17 heavy (non-hydrogen) atoms. The molecule has 1 aromatic carbocycles. The summed E-state index contributed by atoms with van der Waals surface area (Å²) in [6.07, 6.45) is 1.16. The van der Waals surface area contributed by atoms with Crippen LogP contribution in [-0.4, -0.2) is 26.4 Å². The molecule has 0 fully saturated rings. The molecule has 0 bridgehead atoms. The maximum Gasteiger partial charge on any atom is 0.127 e. The predicted octanol–water partition coefficient (Wildman–Crippen LogP) is 2.31. The molecule has 0 aliphatic carbocycles. The highest BCUT2D eigenvalue weighted by Gasteiger charge is 2.25. The van der Waals surface area contributed by atoms with Crippen LogP contribution < -0.4 is 10.1 Å². The number of fused-ring (bicyclic) bond motifs is 1. The van der Waals surface area contributed by atoms with Gasteiger partial charge in [-0.3, -0.25) is 0 Å². The summed E-state index contributed by atoms with van der Waals surface area (Å²) in [5, 5.41) is 3.33. The monoisotopic (exact) mass is 235 g/mol. The van der Waals surface area contributed by atoms with Gasteiger partial charge in [-0.1, -0.05) is 18.2 Å². The fourth-order valence-electron chi connectivity index (χ4n) is 2.49. The molecule has 1 heterocycles. The zero-order valence-corrected chi connectivity index (χ0v) is 10.8. The molecule has 1 N–H and O–H groups in total. The molecule has 3 heteroatoms. The van der Waals surface area contributed by atoms with Crippen molar-refractivity contribution in [2.45, 2.75) is 32.4 Å². The van der Waals surface area contributed by atoms with E-state index in [2.05, 4.69) is 30.4 Å². The Morgan fingerprint density at radius 3 is 3.00 bits per heavy atom. The van der Waals surface area contributed by atoms with Crippen LogP contribution >= 0.6 is 0 Å². The molecule has 0 radical (unpaired) electrons. The lowest BCUT2D eigenvalue weighted by Gasteiger charge is -2.25. The summed E-state index contributed by atoms with van der Waals surface area (Å²) in [5.41, 5.74) is 2.52. The summed E-state index contributed by atoms with van der Waals surface area (Å²) in [4.78, 5) is 0. The molecule has 1 aliphatic heterocycles. The van der Waals surface area contributed by atoms with Crippen molar-refractivity contribution in [3.8, 4) is 5.75 Å². The van der Waals surface area contributed by atoms with E-state index in [4.69, 9.17) is 9.47 Å². The van der Waals surface area contributed by atoms with Gasteiger partial charge in [-0.15, -0.1) is 0 Å². The average molecular weight is 235 g/mol. The minimum Gasteiger partial charge on any atom is -0.493 e. The van der Waals surface area contributed by atoms with Crippen molar-refractivity contribution in [2.75, 3.05) is 20.3 Å². The molecule has 0 aromatic heterocycles. The van der Waals surface area contributed by atoms with Gasteiger partial charge in [-0.05, 0) is 26.5 Å². The Bertz CT molecular complexity index is 378. The number of hydrogen-bond acceptors (Lipinski definition) is 3. The third-order valence-corrected chi connectivity index (χ3v) is 3.29. The second kappa shape index (κ2) is 5.52. The average Bonchev–Trinajstić information content (AvgIpc) is 2.79. The van der Waals surface area contributed by atoms with Crippen LogP contribution in [0.4, 0.5) is 0 Å². The van der Waals surface area contributed by atoms with E-state index in [0.717, 1.165) is 25.4 Å². The highest BCUT2D eigenvalue weighted by molar-refractivity contribution is 5.46. The molecule has 2 rings (SSSR count). The predicted molar refractivity (Wildman–Crippen MR) is 68.5 cm³/mol. The van der Waals surface area contributed by atoms with Gasteiger partial charge in [0.25, 0.3) is 0 Å². The van der Waals surface area contributed by atoms with Crippen molar-refractivity contribution in [2.24, 2.45) is 0 Å². The van der Waals surface area contributed by atoms with Crippen molar-refractivity contribution in [1.29, 1.82) is 0 Å². The van der Waals surface area contributed by atoms with Gasteiger partial charge in [0.1, 0.15) is 5.75 Å². The third-order valence-electron chi connectivity index (χ3n) is 3.29. The topological polar surface area (TPSA) is 30.5 Å². The summed E-state index contributed by atoms with van der Waals surface area (Å²) in [5.74, 6) is 1.05. The molecule has 2 unspecified atom stereocenters. The molecule has 1 aromatic rings. The van der Waals surface area contributed by atoms with E-state index in [1.165, 1.54) is 11.1 Å². The van der Waals surface area contributed by atoms with E-state index in [0.29, 0.717) is 0 Å². The lowest BCUT2D eigenvalue weighted by molar-refractivity contribution is 0.0486. The Balaban J connectivity index is 2.28. The van der Waals surface area contributed by atoms with Crippen LogP contribution in [0.5, 0.6) is 5.75 Å². The van der Waals surface area contributed by atoms with Crippen LogP contribution in [0.1, 0.15) is 31.0 Å². The second-order valence-corrected chi connectivity index (χ2v) is 4.36. The van der Waals surface area contributed by atoms with Gasteiger partial charge in [-0.2, -0.15) is 0 Å². The van der Waals surface area contributed by atoms with E-state index in [1.807, 2.05) is 14.0 Å². The maximum absolute atomic E-state index is 5.75. The van der Waals surface area contributed by atoms with Crippen molar-refractivity contribution in [3.63, 3.8) is 0 Å². The first-order chi connectivity index (χ1) is 8.27. The second-order valence-electron chi connectivity index (χ2n) is 4.36. The number of hydrogen-bond donors (Lipinski definition) is 1. The van der Waals surface area contributed by atoms with Crippen LogP contribution in [0.25, 0.3) is 0 Å². The fraction of sp³-hybridized carbons (Fsp3) is 0.571. The van der Waals surface area contributed by atoms with E-state index in [-0.39, 0.29) is 12.1 Å². The van der Waals surface area contributed by atoms with E-state index < -0.39 is 0 Å². The molecule has 0 saturated carbocycles. The SMILES string of the molecule is CCOC(C)C(NC)c1cccc2c1OCC2. The molecule has 94 valence electrons. The van der Waals surface area contributed by atoms with Gasteiger partial charge in [0, 0.05) is 18.6 Å². The molecule has 2 atom stereocenters. The minimum absolute atomic E-state index is 0.140. The standard InChI is InChI=1S/C14H21NO2/c1-4-16-10(2)13(15-3)12-7-5-6-11-8-9-17-14(11)12/h5-7,10,13,15H,4,8-9H2,1-3H3. The third kappa shape index (κ3) is 2.45. The molecule has 1 aliphatic rings. The molecular formula is C14H21NO2. The number of nitrogens with one attached hydrogen (secondary N) is 1. The summed E-state index contributed by atoms with van der Waals surface area (Å²) in [7, 11) is 1.97. The normalized spacial score (nSPS) is 17.4. The first kappa shape index (κ1) is 12.4. The molecule has 0 saturated heterocycles. The van der Waals surface area contributed by atoms with E-state index >= 15 is 0 Å². The van der Waals surface area contributed by atoms with E-state index in [9.17, 15) is 0 Å². The molecule has 0 amide bonds. The Morgan fingerprint density at radius 2 is 2.29 bits per heavy atom. The van der Waals surface area contributed by atoms with Crippen LogP contribution in [0.15, 0.2) is 18.2 Å². The van der Waals surface area contributed by atoms with Gasteiger partial charge in [-0.25, -0.2) is 0 Å². The smallest absolute Gasteiger partial charge is 0.127 e. The zero-order valence-electron chi connectivity index (χ0n) is 10.8. The number of benzene rings is 1. The highest BCUT2D eigenvalue weighted by Crippen LogP contribution is 2.35. The molecule has 3 nitrogen and oxygen atoms in total. The van der Waals surface area contributed by atoms with Crippen LogP contribution in [0.2, 0.25) is 0 Å². The Morgan fingerprint density at radius 1 is 1.47 bits per heavy atom. The largest absolute Gasteiger partial charge is 0.493 e. The lowest BCUT2D eigenvalue weighted by atomic mass is 9.98. The van der Waals surface area contributed by atoms with Crippen molar-refractivity contribution in [3.05, 3.63) is 29.3 Å². The Hall–Kier alpha value is -1.06. The molecular weight excluding hydrogens is 214 g/mol. The first-order valence-electron chi connectivity index (χ1n) is 6.31. The van der Waals surface area contributed by atoms with Gasteiger partial charge < -0.3 is 14.8 Å². The fourth-order valence-corrected chi connectivity index (χ4v) is 2.49. The summed E-state index contributed by atoms with van der Waals surface area (Å²) in [6, 6.07) is 6.55. The lowest BCUT2D eigenvalue weighted by Crippen LogP contribution is -2.29. The van der Waals surface area contributed by atoms with Gasteiger partial charge in [0.15, 0.2) is 0 Å². The van der Waals surface area contributed by atoms with Crippen molar-refractivity contribution < 1.29 is 9.47 Å². The minimum atomic E-state index is 0.140. The highest BCUT2D eigenvalue weighted by atomic mass is 16.5. The summed E-state index contributed by atoms with van der Waals surface area (Å²) >= 11 is 0. The van der Waals surface area contributed by atoms with E-state index in [1.54, 1.807) is 0 Å². The Labute approximate surface area is 103 Å². The van der Waals surface area contributed by atoms with Crippen molar-refractivity contribution in [1.82, 2.24) is 5.32 Å². The summed E-state index contributed by atoms with van der Waals surface area (Å²) < 4.78 is 11.4. The number of ether oxygens (including phenoxy) is 2. The zero-order chi connectivity index (χ0) is 12.3. The molecule has 0 spiro atoms. The van der Waals surface area contributed by atoms with Gasteiger partial charge in [0.2, 0.25) is 0 Å². The van der Waals surface area contributed by atoms with Crippen molar-refractivity contribution >= 4 is 0 Å². The quantitative estimate of drug-likeness (QED) is 0.849. The maximum atomic E-state index is 5.75. The van der Waals surface area contributed by atoms with Crippen LogP contribution in [-0.2, 0) is 11.2 Å². The first-order valence-corrected chi connectivity index (χ1v) is 6.31. The summed E-state index contributed by atoms with van der Waals surface area (Å²) in [6.45, 7) is 5.65.